The van der Waals surface area contributed by atoms with Crippen LogP contribution in [0.3, 0.4) is 0 Å². The highest BCUT2D eigenvalue weighted by Crippen LogP contribution is 2.41. The lowest BCUT2D eigenvalue weighted by Gasteiger charge is -2.12. The predicted octanol–water partition coefficient (Wildman–Crippen LogP) is 5.55. The van der Waals surface area contributed by atoms with Crippen LogP contribution in [0.1, 0.15) is 37.1 Å². The van der Waals surface area contributed by atoms with E-state index in [1.165, 1.54) is 23.3 Å². The van der Waals surface area contributed by atoms with Gasteiger partial charge >= 0.3 is 0 Å². The van der Waals surface area contributed by atoms with Crippen LogP contribution in [-0.4, -0.2) is 20.7 Å². The molecule has 1 N–H and O–H groups in total. The number of aromatic nitrogens is 3. The Balaban J connectivity index is 1.48. The molecule has 1 aromatic heterocycles. The topological polar surface area (TPSA) is 59.8 Å². The quantitative estimate of drug-likeness (QED) is 0.420. The number of nitrogens with zero attached hydrogens (tertiary/aromatic N) is 3. The maximum atomic E-state index is 11.5. The van der Waals surface area contributed by atoms with E-state index in [0.717, 1.165) is 41.0 Å². The Kier molecular flexibility index (Phi) is 5.01. The maximum absolute atomic E-state index is 11.5. The number of carbonyl (C=O) groups is 1. The molecule has 150 valence electrons. The molecule has 5 nitrogen and oxygen atoms in total. The molecule has 4 aromatic rings. The molecule has 6 heteroatoms. The van der Waals surface area contributed by atoms with Gasteiger partial charge in [-0.2, -0.15) is 0 Å². The van der Waals surface area contributed by atoms with Crippen LogP contribution in [0.15, 0.2) is 71.9 Å². The second-order valence-corrected chi connectivity index (χ2v) is 8.55. The van der Waals surface area contributed by atoms with E-state index in [2.05, 4.69) is 62.5 Å². The Morgan fingerprint density at radius 1 is 1.07 bits per heavy atom. The van der Waals surface area contributed by atoms with Gasteiger partial charge in [0.1, 0.15) is 5.82 Å². The summed E-state index contributed by atoms with van der Waals surface area (Å²) in [6.07, 6.45) is 2.30. The Bertz CT molecular complexity index is 1220. The summed E-state index contributed by atoms with van der Waals surface area (Å²) in [4.78, 5) is 11.5. The van der Waals surface area contributed by atoms with E-state index in [0.29, 0.717) is 5.92 Å². The maximum Gasteiger partial charge on any atom is 0.221 e. The summed E-state index contributed by atoms with van der Waals surface area (Å²) in [5.41, 5.74) is 3.04. The molecule has 1 fully saturated rings. The van der Waals surface area contributed by atoms with Crippen LogP contribution in [0, 0.1) is 0 Å². The lowest BCUT2D eigenvalue weighted by molar-refractivity contribution is -0.114. The normalized spacial score (nSPS) is 13.5. The van der Waals surface area contributed by atoms with E-state index in [4.69, 9.17) is 0 Å². The largest absolute Gasteiger partial charge is 0.326 e. The number of fused-ring (bicyclic) bond motifs is 1. The molecular formula is C24H22N4OS. The van der Waals surface area contributed by atoms with Crippen LogP contribution in [0.5, 0.6) is 0 Å². The summed E-state index contributed by atoms with van der Waals surface area (Å²) in [7, 11) is 0. The van der Waals surface area contributed by atoms with Gasteiger partial charge in [0.05, 0.1) is 5.69 Å². The zero-order chi connectivity index (χ0) is 20.5. The first kappa shape index (κ1) is 18.9. The van der Waals surface area contributed by atoms with E-state index < -0.39 is 0 Å². The van der Waals surface area contributed by atoms with Crippen LogP contribution in [0.25, 0.3) is 16.5 Å². The van der Waals surface area contributed by atoms with Gasteiger partial charge in [-0.25, -0.2) is 0 Å². The van der Waals surface area contributed by atoms with Gasteiger partial charge in [-0.05, 0) is 47.4 Å². The van der Waals surface area contributed by atoms with Gasteiger partial charge in [-0.15, -0.1) is 10.2 Å². The summed E-state index contributed by atoms with van der Waals surface area (Å²) < 4.78 is 2.15. The summed E-state index contributed by atoms with van der Waals surface area (Å²) in [6.45, 7) is 1.52. The third-order valence-corrected chi connectivity index (χ3v) is 6.24. The van der Waals surface area contributed by atoms with Crippen molar-refractivity contribution in [2.75, 3.05) is 5.32 Å². The lowest BCUT2D eigenvalue weighted by Crippen LogP contribution is -2.07. The van der Waals surface area contributed by atoms with Crippen molar-refractivity contribution in [3.63, 3.8) is 0 Å². The Morgan fingerprint density at radius 3 is 2.70 bits per heavy atom. The Labute approximate surface area is 179 Å². The molecule has 30 heavy (non-hydrogen) atoms. The molecule has 5 rings (SSSR count). The highest BCUT2D eigenvalue weighted by atomic mass is 32.2. The second kappa shape index (κ2) is 7.95. The molecule has 1 amide bonds. The van der Waals surface area contributed by atoms with Gasteiger partial charge in [0.2, 0.25) is 5.91 Å². The Hall–Kier alpha value is -3.12. The minimum Gasteiger partial charge on any atom is -0.326 e. The molecule has 0 bridgehead atoms. The van der Waals surface area contributed by atoms with E-state index in [-0.39, 0.29) is 5.91 Å². The number of benzene rings is 3. The number of carbonyl (C=O) groups excluding carboxylic acids is 1. The number of hydrogen-bond donors (Lipinski definition) is 1. The predicted molar refractivity (Wildman–Crippen MR) is 121 cm³/mol. The highest BCUT2D eigenvalue weighted by Gasteiger charge is 2.31. The molecule has 0 spiro atoms. The molecule has 1 heterocycles. The summed E-state index contributed by atoms with van der Waals surface area (Å²) >= 11 is 1.70. The van der Waals surface area contributed by atoms with E-state index in [1.54, 1.807) is 11.8 Å². The van der Waals surface area contributed by atoms with Crippen molar-refractivity contribution in [2.45, 2.75) is 36.6 Å². The molecule has 0 radical (unpaired) electrons. The van der Waals surface area contributed by atoms with Crippen molar-refractivity contribution in [1.29, 1.82) is 0 Å². The van der Waals surface area contributed by atoms with Gasteiger partial charge in [-0.1, -0.05) is 60.3 Å². The third kappa shape index (κ3) is 3.83. The number of anilines is 1. The first-order valence-electron chi connectivity index (χ1n) is 10.1. The lowest BCUT2D eigenvalue weighted by atomic mass is 10.1. The van der Waals surface area contributed by atoms with Crippen molar-refractivity contribution in [3.05, 3.63) is 78.1 Å². The molecule has 1 aliphatic rings. The zero-order valence-electron chi connectivity index (χ0n) is 16.7. The van der Waals surface area contributed by atoms with Crippen LogP contribution < -0.4 is 5.32 Å². The van der Waals surface area contributed by atoms with Crippen molar-refractivity contribution in [1.82, 2.24) is 14.8 Å². The fourth-order valence-electron chi connectivity index (χ4n) is 3.71. The van der Waals surface area contributed by atoms with E-state index >= 15 is 0 Å². The Morgan fingerprint density at radius 2 is 1.87 bits per heavy atom. The van der Waals surface area contributed by atoms with Gasteiger partial charge in [-0.3, -0.25) is 9.36 Å². The van der Waals surface area contributed by atoms with Crippen molar-refractivity contribution < 1.29 is 4.79 Å². The second-order valence-electron chi connectivity index (χ2n) is 7.61. The van der Waals surface area contributed by atoms with Crippen molar-refractivity contribution in [3.8, 4) is 5.69 Å². The van der Waals surface area contributed by atoms with E-state index in [9.17, 15) is 4.79 Å². The number of thioether (sulfide) groups is 1. The van der Waals surface area contributed by atoms with Crippen LogP contribution in [0.4, 0.5) is 5.69 Å². The fourth-order valence-corrected chi connectivity index (χ4v) is 4.67. The smallest absolute Gasteiger partial charge is 0.221 e. The van der Waals surface area contributed by atoms with Crippen molar-refractivity contribution >= 4 is 34.1 Å². The molecule has 0 saturated heterocycles. The monoisotopic (exact) mass is 414 g/mol. The van der Waals surface area contributed by atoms with Gasteiger partial charge < -0.3 is 5.32 Å². The molecule has 0 unspecified atom stereocenters. The average Bonchev–Trinajstić information content (AvgIpc) is 3.51. The molecule has 0 atom stereocenters. The zero-order valence-corrected chi connectivity index (χ0v) is 17.5. The van der Waals surface area contributed by atoms with Gasteiger partial charge in [0.15, 0.2) is 5.16 Å². The molecule has 3 aromatic carbocycles. The summed E-state index contributed by atoms with van der Waals surface area (Å²) in [5.74, 6) is 2.21. The SMILES string of the molecule is CC(=O)Nc1cccc(-n2c(SCc3cccc4ccccc34)nnc2C2CC2)c1. The number of rotatable bonds is 6. The van der Waals surface area contributed by atoms with Gasteiger partial charge in [0.25, 0.3) is 0 Å². The molecule has 1 saturated carbocycles. The van der Waals surface area contributed by atoms with Gasteiger partial charge in [0, 0.05) is 24.3 Å². The van der Waals surface area contributed by atoms with Crippen molar-refractivity contribution in [2.24, 2.45) is 0 Å². The standard InChI is InChI=1S/C24H22N4OS/c1-16(29)25-20-9-5-10-21(14-20)28-23(18-12-13-18)26-27-24(28)30-15-19-8-4-7-17-6-2-3-11-22(17)19/h2-11,14,18H,12-13,15H2,1H3,(H,25,29). The highest BCUT2D eigenvalue weighted by molar-refractivity contribution is 7.98. The van der Waals surface area contributed by atoms with Crippen LogP contribution >= 0.6 is 11.8 Å². The first-order chi connectivity index (χ1) is 14.7. The summed E-state index contributed by atoms with van der Waals surface area (Å²) in [6, 6.07) is 22.8. The number of hydrogen-bond acceptors (Lipinski definition) is 4. The first-order valence-corrected chi connectivity index (χ1v) is 11.1. The summed E-state index contributed by atoms with van der Waals surface area (Å²) in [5, 5.41) is 15.3. The fraction of sp³-hybridized carbons (Fsp3) is 0.208. The number of amides is 1. The molecule has 0 aliphatic heterocycles. The molecule has 1 aliphatic carbocycles. The van der Waals surface area contributed by atoms with Crippen LogP contribution in [0.2, 0.25) is 0 Å². The third-order valence-electron chi connectivity index (χ3n) is 5.26. The minimum atomic E-state index is -0.0797. The number of nitrogens with one attached hydrogen (secondary N) is 1. The molecular weight excluding hydrogens is 392 g/mol. The minimum absolute atomic E-state index is 0.0797. The van der Waals surface area contributed by atoms with Crippen LogP contribution in [-0.2, 0) is 10.5 Å². The van der Waals surface area contributed by atoms with E-state index in [1.807, 2.05) is 24.3 Å². The average molecular weight is 415 g/mol.